The van der Waals surface area contributed by atoms with Crippen LogP contribution in [0.3, 0.4) is 0 Å². The number of nitrogens with one attached hydrogen (secondary N) is 2. The van der Waals surface area contributed by atoms with Gasteiger partial charge < -0.3 is 25.8 Å². The molecule has 4 amide bonds. The summed E-state index contributed by atoms with van der Waals surface area (Å²) in [6, 6.07) is 18.8. The van der Waals surface area contributed by atoms with Crippen molar-refractivity contribution in [3.8, 4) is 0 Å². The van der Waals surface area contributed by atoms with E-state index in [0.29, 0.717) is 23.0 Å². The number of carbonyl (C=O) groups is 4. The molecule has 5 rings (SSSR count). The Balaban J connectivity index is 1.28. The number of amides is 4. The second kappa shape index (κ2) is 12.4. The largest absolute Gasteiger partial charge is 0.366 e. The van der Waals surface area contributed by atoms with Gasteiger partial charge in [0.1, 0.15) is 12.4 Å². The monoisotopic (exact) mass is 589 g/mol. The van der Waals surface area contributed by atoms with Gasteiger partial charge >= 0.3 is 0 Å². The lowest BCUT2D eigenvalue weighted by atomic mass is 10.1. The third-order valence-electron chi connectivity index (χ3n) is 7.14. The van der Waals surface area contributed by atoms with Gasteiger partial charge in [0.25, 0.3) is 11.8 Å². The molecule has 0 saturated heterocycles. The molecule has 4 N–H and O–H groups in total. The van der Waals surface area contributed by atoms with Crippen LogP contribution >= 0.6 is 11.6 Å². The van der Waals surface area contributed by atoms with Crippen molar-refractivity contribution in [1.29, 1.82) is 0 Å². The summed E-state index contributed by atoms with van der Waals surface area (Å²) < 4.78 is 15.8. The van der Waals surface area contributed by atoms with E-state index in [0.717, 1.165) is 18.4 Å². The zero-order chi connectivity index (χ0) is 29.8. The molecule has 0 radical (unpaired) electrons. The Morgan fingerprint density at radius 1 is 0.976 bits per heavy atom. The Hall–Kier alpha value is -4.70. The van der Waals surface area contributed by atoms with Crippen molar-refractivity contribution in [1.82, 2.24) is 20.1 Å². The Morgan fingerprint density at radius 3 is 2.45 bits per heavy atom. The third-order valence-corrected chi connectivity index (χ3v) is 7.43. The third kappa shape index (κ3) is 6.60. The van der Waals surface area contributed by atoms with Crippen LogP contribution in [0.1, 0.15) is 44.7 Å². The smallest absolute Gasteiger partial charge is 0.251 e. The Kier molecular flexibility index (Phi) is 8.53. The fraction of sp³-hybridized carbons (Fsp3) is 0.226. The summed E-state index contributed by atoms with van der Waals surface area (Å²) in [6.45, 7) is -0.0623. The van der Waals surface area contributed by atoms with Crippen molar-refractivity contribution >= 4 is 46.1 Å². The average molecular weight is 590 g/mol. The fourth-order valence-corrected chi connectivity index (χ4v) is 4.97. The second-order valence-electron chi connectivity index (χ2n) is 10.2. The minimum absolute atomic E-state index is 0.0363. The molecular weight excluding hydrogens is 561 g/mol. The van der Waals surface area contributed by atoms with Gasteiger partial charge in [-0.25, -0.2) is 4.39 Å². The molecule has 9 nitrogen and oxygen atoms in total. The number of hydrogen-bond donors (Lipinski definition) is 3. The maximum absolute atomic E-state index is 14.2. The topological polar surface area (TPSA) is 127 Å². The van der Waals surface area contributed by atoms with Crippen LogP contribution < -0.4 is 16.4 Å². The highest BCUT2D eigenvalue weighted by Gasteiger charge is 2.34. The van der Waals surface area contributed by atoms with Crippen molar-refractivity contribution < 1.29 is 23.6 Å². The summed E-state index contributed by atoms with van der Waals surface area (Å²) in [5.41, 5.74) is 7.89. The van der Waals surface area contributed by atoms with Crippen LogP contribution in [0.2, 0.25) is 5.02 Å². The maximum atomic E-state index is 14.2. The van der Waals surface area contributed by atoms with Gasteiger partial charge in [0.05, 0.1) is 17.1 Å². The SMILES string of the molecule is NC(=O)c1cn(CC(=O)N(CC(=O)NCc2cccc(Cl)c2F)C2CC2)c2ccc(C(=O)NCc3ccccc3)cc12. The summed E-state index contributed by atoms with van der Waals surface area (Å²) >= 11 is 5.81. The lowest BCUT2D eigenvalue weighted by molar-refractivity contribution is -0.137. The molecule has 0 bridgehead atoms. The van der Waals surface area contributed by atoms with Crippen molar-refractivity contribution in [2.24, 2.45) is 5.73 Å². The predicted octanol–water partition coefficient (Wildman–Crippen LogP) is 3.77. The highest BCUT2D eigenvalue weighted by molar-refractivity contribution is 6.30. The zero-order valence-corrected chi connectivity index (χ0v) is 23.4. The molecule has 1 heterocycles. The molecule has 0 spiro atoms. The van der Waals surface area contributed by atoms with Gasteiger partial charge in [0.15, 0.2) is 0 Å². The van der Waals surface area contributed by atoms with Crippen LogP contribution in [0.25, 0.3) is 10.9 Å². The number of rotatable bonds is 11. The summed E-state index contributed by atoms with van der Waals surface area (Å²) in [5.74, 6) is -2.37. The van der Waals surface area contributed by atoms with E-state index in [1.807, 2.05) is 30.3 Å². The van der Waals surface area contributed by atoms with Crippen molar-refractivity contribution in [3.63, 3.8) is 0 Å². The number of aromatic nitrogens is 1. The van der Waals surface area contributed by atoms with E-state index in [4.69, 9.17) is 17.3 Å². The second-order valence-corrected chi connectivity index (χ2v) is 10.6. The number of nitrogens with two attached hydrogens (primary N) is 1. The van der Waals surface area contributed by atoms with E-state index in [1.54, 1.807) is 28.8 Å². The summed E-state index contributed by atoms with van der Waals surface area (Å²) in [6.07, 6.45) is 3.02. The lowest BCUT2D eigenvalue weighted by Crippen LogP contribution is -2.43. The van der Waals surface area contributed by atoms with Gasteiger partial charge in [-0.05, 0) is 42.7 Å². The Morgan fingerprint density at radius 2 is 1.74 bits per heavy atom. The number of carbonyl (C=O) groups excluding carboxylic acids is 4. The molecule has 216 valence electrons. The van der Waals surface area contributed by atoms with Crippen LogP contribution in [-0.2, 0) is 29.2 Å². The molecule has 1 aliphatic rings. The number of primary amides is 1. The van der Waals surface area contributed by atoms with Gasteiger partial charge in [-0.1, -0.05) is 54.1 Å². The quantitative estimate of drug-likeness (QED) is 0.246. The molecule has 0 atom stereocenters. The molecule has 42 heavy (non-hydrogen) atoms. The highest BCUT2D eigenvalue weighted by atomic mass is 35.5. The first-order valence-electron chi connectivity index (χ1n) is 13.4. The molecule has 11 heteroatoms. The number of nitrogens with zero attached hydrogens (tertiary/aromatic N) is 2. The molecule has 0 unspecified atom stereocenters. The van der Waals surface area contributed by atoms with Gasteiger partial charge in [-0.15, -0.1) is 0 Å². The minimum Gasteiger partial charge on any atom is -0.366 e. The van der Waals surface area contributed by atoms with Gasteiger partial charge in [0.2, 0.25) is 11.8 Å². The van der Waals surface area contributed by atoms with Crippen LogP contribution in [0.5, 0.6) is 0 Å². The van der Waals surface area contributed by atoms with Gasteiger partial charge in [0, 0.05) is 47.4 Å². The number of benzene rings is 3. The molecular formula is C31H29ClFN5O4. The van der Waals surface area contributed by atoms with E-state index in [2.05, 4.69) is 10.6 Å². The van der Waals surface area contributed by atoms with Crippen molar-refractivity contribution in [3.05, 3.63) is 106 Å². The van der Waals surface area contributed by atoms with Gasteiger partial charge in [-0.2, -0.15) is 0 Å². The number of hydrogen-bond acceptors (Lipinski definition) is 4. The van der Waals surface area contributed by atoms with E-state index < -0.39 is 17.6 Å². The number of fused-ring (bicyclic) bond motifs is 1. The molecule has 3 aromatic carbocycles. The maximum Gasteiger partial charge on any atom is 0.251 e. The molecule has 1 aromatic heterocycles. The zero-order valence-electron chi connectivity index (χ0n) is 22.6. The highest BCUT2D eigenvalue weighted by Crippen LogP contribution is 2.28. The molecule has 4 aromatic rings. The number of halogens is 2. The standard InChI is InChI=1S/C31H29ClFN5O4/c32-25-8-4-7-21(29(25)33)15-35-27(39)17-38(22-10-11-22)28(40)18-37-16-24(30(34)41)23-13-20(9-12-26(23)37)31(42)36-14-19-5-2-1-3-6-19/h1-9,12-13,16,22H,10-11,14-15,17-18H2,(H2,34,41)(H,35,39)(H,36,42). The Bertz CT molecular complexity index is 1670. The Labute approximate surface area is 246 Å². The van der Waals surface area contributed by atoms with Crippen molar-refractivity contribution in [2.75, 3.05) is 6.54 Å². The first-order valence-corrected chi connectivity index (χ1v) is 13.8. The van der Waals surface area contributed by atoms with Gasteiger partial charge in [-0.3, -0.25) is 19.2 Å². The van der Waals surface area contributed by atoms with E-state index in [-0.39, 0.29) is 53.6 Å². The average Bonchev–Trinajstić information content (AvgIpc) is 3.77. The molecule has 1 aliphatic carbocycles. The van der Waals surface area contributed by atoms with Crippen LogP contribution in [-0.4, -0.2) is 45.7 Å². The lowest BCUT2D eigenvalue weighted by Gasteiger charge is -2.22. The molecule has 1 saturated carbocycles. The van der Waals surface area contributed by atoms with E-state index in [1.165, 1.54) is 23.2 Å². The van der Waals surface area contributed by atoms with Crippen LogP contribution in [0.4, 0.5) is 4.39 Å². The summed E-state index contributed by atoms with van der Waals surface area (Å²) in [5, 5.41) is 5.92. The molecule has 1 fully saturated rings. The first kappa shape index (κ1) is 28.8. The summed E-state index contributed by atoms with van der Waals surface area (Å²) in [4.78, 5) is 52.7. The molecule has 0 aliphatic heterocycles. The minimum atomic E-state index is -0.695. The van der Waals surface area contributed by atoms with E-state index in [9.17, 15) is 23.6 Å². The normalized spacial score (nSPS) is 12.6. The first-order chi connectivity index (χ1) is 20.2. The summed E-state index contributed by atoms with van der Waals surface area (Å²) in [7, 11) is 0. The van der Waals surface area contributed by atoms with E-state index >= 15 is 0 Å². The van der Waals surface area contributed by atoms with Crippen molar-refractivity contribution in [2.45, 2.75) is 38.5 Å². The fourth-order valence-electron chi connectivity index (χ4n) is 4.78. The van der Waals surface area contributed by atoms with Crippen LogP contribution in [0.15, 0.2) is 72.9 Å². The predicted molar refractivity (Wildman–Crippen MR) is 156 cm³/mol. The van der Waals surface area contributed by atoms with Crippen LogP contribution in [0, 0.1) is 5.82 Å².